The number of aliphatic carboxylic acids is 1. The molecule has 2 N–H and O–H groups in total. The van der Waals surface area contributed by atoms with Crippen LogP contribution >= 0.6 is 23.1 Å². The summed E-state index contributed by atoms with van der Waals surface area (Å²) < 4.78 is -0.183. The molecule has 31 heavy (non-hydrogen) atoms. The minimum Gasteiger partial charge on any atom is -0.480 e. The molecule has 2 aromatic heterocycles. The van der Waals surface area contributed by atoms with E-state index in [4.69, 9.17) is 0 Å². The summed E-state index contributed by atoms with van der Waals surface area (Å²) in [7, 11) is 0. The maximum atomic E-state index is 13.1. The number of hydrogen-bond acceptors (Lipinski definition) is 6. The first-order chi connectivity index (χ1) is 14.8. The highest BCUT2D eigenvalue weighted by molar-refractivity contribution is 8.03. The summed E-state index contributed by atoms with van der Waals surface area (Å²) in [5.41, 5.74) is 1.18. The van der Waals surface area contributed by atoms with E-state index in [0.717, 1.165) is 42.7 Å². The molecular weight excluding hydrogens is 432 g/mol. The average Bonchev–Trinajstić information content (AvgIpc) is 3.18. The number of thioether (sulfide) groups is 1. The van der Waals surface area contributed by atoms with Crippen molar-refractivity contribution in [2.75, 3.05) is 11.9 Å². The molecule has 1 saturated carbocycles. The van der Waals surface area contributed by atoms with Gasteiger partial charge in [-0.3, -0.25) is 15.1 Å². The minimum absolute atomic E-state index is 0.124. The molecule has 0 unspecified atom stereocenters. The summed E-state index contributed by atoms with van der Waals surface area (Å²) >= 11 is 2.55. The van der Waals surface area contributed by atoms with Crippen molar-refractivity contribution < 1.29 is 14.7 Å². The Kier molecular flexibility index (Phi) is 8.31. The lowest BCUT2D eigenvalue weighted by atomic mass is 9.94. The van der Waals surface area contributed by atoms with Crippen molar-refractivity contribution in [2.45, 2.75) is 73.8 Å². The van der Waals surface area contributed by atoms with Gasteiger partial charge in [0.05, 0.1) is 10.4 Å². The van der Waals surface area contributed by atoms with Crippen molar-refractivity contribution in [3.63, 3.8) is 0 Å². The van der Waals surface area contributed by atoms with E-state index in [1.807, 2.05) is 17.2 Å². The number of nitrogens with one attached hydrogen (secondary N) is 1. The Balaban J connectivity index is 1.62. The molecule has 9 heteroatoms. The Bertz CT molecular complexity index is 867. The molecule has 0 spiro atoms. The molecule has 168 valence electrons. The predicted octanol–water partition coefficient (Wildman–Crippen LogP) is 5.29. The number of aromatic nitrogens is 2. The highest BCUT2D eigenvalue weighted by Crippen LogP contribution is 2.37. The number of anilines is 1. The molecule has 0 radical (unpaired) electrons. The molecule has 0 atom stereocenters. The van der Waals surface area contributed by atoms with E-state index < -0.39 is 10.7 Å². The highest BCUT2D eigenvalue weighted by Gasteiger charge is 2.30. The zero-order valence-electron chi connectivity index (χ0n) is 18.0. The van der Waals surface area contributed by atoms with Crippen molar-refractivity contribution in [3.8, 4) is 0 Å². The number of amides is 2. The molecule has 2 heterocycles. The van der Waals surface area contributed by atoms with Gasteiger partial charge in [-0.2, -0.15) is 0 Å². The topological polar surface area (TPSA) is 95.4 Å². The van der Waals surface area contributed by atoms with Gasteiger partial charge in [0.2, 0.25) is 0 Å². The van der Waals surface area contributed by atoms with Gasteiger partial charge in [-0.25, -0.2) is 9.78 Å². The average molecular weight is 463 g/mol. The van der Waals surface area contributed by atoms with Gasteiger partial charge in [0, 0.05) is 25.0 Å². The van der Waals surface area contributed by atoms with Crippen molar-refractivity contribution in [1.29, 1.82) is 0 Å². The third kappa shape index (κ3) is 6.93. The Hall–Kier alpha value is -2.13. The van der Waals surface area contributed by atoms with Gasteiger partial charge < -0.3 is 10.0 Å². The molecule has 0 aliphatic heterocycles. The SMILES string of the molecule is CC(C)(Sc1cnc(NC(=O)N(CCCc2cccnc2)C2CCCCC2)s1)C(=O)O. The summed E-state index contributed by atoms with van der Waals surface area (Å²) in [6.07, 6.45) is 12.6. The lowest BCUT2D eigenvalue weighted by Crippen LogP contribution is -2.44. The summed E-state index contributed by atoms with van der Waals surface area (Å²) in [5.74, 6) is -0.881. The number of aryl methyl sites for hydroxylation is 1. The molecular formula is C22H30N4O3S2. The number of rotatable bonds is 9. The second-order valence-corrected chi connectivity index (χ2v) is 11.2. The van der Waals surface area contributed by atoms with Crippen LogP contribution in [0, 0.1) is 0 Å². The summed E-state index contributed by atoms with van der Waals surface area (Å²) in [4.78, 5) is 34.9. The molecule has 1 aliphatic carbocycles. The van der Waals surface area contributed by atoms with Gasteiger partial charge in [0.25, 0.3) is 0 Å². The van der Waals surface area contributed by atoms with Crippen LogP contribution in [0.15, 0.2) is 34.9 Å². The maximum absolute atomic E-state index is 13.1. The quantitative estimate of drug-likeness (QED) is 0.492. The first-order valence-electron chi connectivity index (χ1n) is 10.7. The molecule has 0 aromatic carbocycles. The maximum Gasteiger partial charge on any atom is 0.323 e. The van der Waals surface area contributed by atoms with Gasteiger partial charge in [0.1, 0.15) is 4.75 Å². The fourth-order valence-corrected chi connectivity index (χ4v) is 5.93. The van der Waals surface area contributed by atoms with Crippen LogP contribution in [0.4, 0.5) is 9.93 Å². The molecule has 1 aliphatic rings. The van der Waals surface area contributed by atoms with Crippen molar-refractivity contribution >= 4 is 40.2 Å². The van der Waals surface area contributed by atoms with Gasteiger partial charge in [-0.05, 0) is 51.2 Å². The summed E-state index contributed by atoms with van der Waals surface area (Å²) in [5, 5.41) is 12.8. The standard InChI is InChI=1S/C22H30N4O3S2/c1-22(2,19(27)28)31-18-15-24-20(30-18)25-21(29)26(17-10-4-3-5-11-17)13-7-9-16-8-6-12-23-14-16/h6,8,12,14-15,17H,3-5,7,9-11,13H2,1-2H3,(H,27,28)(H,24,25,29). The second kappa shape index (κ2) is 10.9. The Labute approximate surface area is 191 Å². The Morgan fingerprint density at radius 3 is 2.74 bits per heavy atom. The molecule has 0 saturated heterocycles. The zero-order valence-corrected chi connectivity index (χ0v) is 19.7. The molecule has 2 aromatic rings. The number of carbonyl (C=O) groups is 2. The predicted molar refractivity (Wildman–Crippen MR) is 125 cm³/mol. The van der Waals surface area contributed by atoms with Crippen LogP contribution < -0.4 is 5.32 Å². The number of thiazole rings is 1. The van der Waals surface area contributed by atoms with Gasteiger partial charge in [-0.1, -0.05) is 48.4 Å². The van der Waals surface area contributed by atoms with E-state index in [9.17, 15) is 14.7 Å². The van der Waals surface area contributed by atoms with Crippen LogP contribution in [0.5, 0.6) is 0 Å². The first-order valence-corrected chi connectivity index (χ1v) is 12.3. The number of pyridine rings is 1. The normalized spacial score (nSPS) is 14.9. The second-order valence-electron chi connectivity index (χ2n) is 8.28. The minimum atomic E-state index is -0.950. The number of nitrogens with zero attached hydrogens (tertiary/aromatic N) is 3. The summed E-state index contributed by atoms with van der Waals surface area (Å²) in [6, 6.07) is 4.12. The molecule has 7 nitrogen and oxygen atoms in total. The number of carbonyl (C=O) groups excluding carboxylic acids is 1. The van der Waals surface area contributed by atoms with Crippen LogP contribution in [0.1, 0.15) is 57.9 Å². The van der Waals surface area contributed by atoms with E-state index in [1.165, 1.54) is 35.1 Å². The number of carboxylic acid groups (broad SMARTS) is 1. The van der Waals surface area contributed by atoms with Crippen LogP contribution in [0.2, 0.25) is 0 Å². The van der Waals surface area contributed by atoms with E-state index in [0.29, 0.717) is 11.7 Å². The van der Waals surface area contributed by atoms with Crippen LogP contribution in [0.3, 0.4) is 0 Å². The largest absolute Gasteiger partial charge is 0.480 e. The summed E-state index contributed by atoms with van der Waals surface area (Å²) in [6.45, 7) is 4.00. The van der Waals surface area contributed by atoms with Crippen molar-refractivity contribution in [2.24, 2.45) is 0 Å². The number of urea groups is 1. The molecule has 1 fully saturated rings. The van der Waals surface area contributed by atoms with E-state index in [1.54, 1.807) is 26.2 Å². The fourth-order valence-electron chi connectivity index (χ4n) is 3.66. The third-order valence-electron chi connectivity index (χ3n) is 5.43. The molecule has 3 rings (SSSR count). The molecule has 2 amide bonds. The lowest BCUT2D eigenvalue weighted by molar-refractivity contribution is -0.138. The van der Waals surface area contributed by atoms with E-state index in [-0.39, 0.29) is 12.1 Å². The van der Waals surface area contributed by atoms with Gasteiger partial charge in [0.15, 0.2) is 5.13 Å². The van der Waals surface area contributed by atoms with E-state index >= 15 is 0 Å². The van der Waals surface area contributed by atoms with Gasteiger partial charge >= 0.3 is 12.0 Å². The fraction of sp³-hybridized carbons (Fsp3) is 0.545. The first kappa shape index (κ1) is 23.5. The van der Waals surface area contributed by atoms with Crippen molar-refractivity contribution in [1.82, 2.24) is 14.9 Å². The Morgan fingerprint density at radius 2 is 2.06 bits per heavy atom. The van der Waals surface area contributed by atoms with Crippen LogP contribution in [-0.4, -0.2) is 49.3 Å². The van der Waals surface area contributed by atoms with Crippen molar-refractivity contribution in [3.05, 3.63) is 36.3 Å². The van der Waals surface area contributed by atoms with Gasteiger partial charge in [-0.15, -0.1) is 0 Å². The highest BCUT2D eigenvalue weighted by atomic mass is 32.2. The monoisotopic (exact) mass is 462 g/mol. The number of hydrogen-bond donors (Lipinski definition) is 2. The van der Waals surface area contributed by atoms with Crippen LogP contribution in [0.25, 0.3) is 0 Å². The third-order valence-corrected chi connectivity index (χ3v) is 7.63. The van der Waals surface area contributed by atoms with E-state index in [2.05, 4.69) is 21.4 Å². The Morgan fingerprint density at radius 1 is 1.29 bits per heavy atom. The zero-order chi connectivity index (χ0) is 22.3. The lowest BCUT2D eigenvalue weighted by Gasteiger charge is -2.34. The smallest absolute Gasteiger partial charge is 0.323 e. The van der Waals surface area contributed by atoms with Crippen LogP contribution in [-0.2, 0) is 11.2 Å². The number of carboxylic acids is 1. The molecule has 0 bridgehead atoms.